The Bertz CT molecular complexity index is 443. The van der Waals surface area contributed by atoms with Gasteiger partial charge in [0.15, 0.2) is 5.78 Å². The molecule has 0 aliphatic rings. The minimum absolute atomic E-state index is 0.145. The highest BCUT2D eigenvalue weighted by molar-refractivity contribution is 9.10. The molecule has 0 aliphatic carbocycles. The van der Waals surface area contributed by atoms with E-state index in [4.69, 9.17) is 0 Å². The van der Waals surface area contributed by atoms with E-state index in [1.807, 2.05) is 0 Å². The summed E-state index contributed by atoms with van der Waals surface area (Å²) in [7, 11) is 0. The van der Waals surface area contributed by atoms with E-state index < -0.39 is 27.7 Å². The maximum atomic E-state index is 13.4. The maximum Gasteiger partial charge on any atom is 0.152 e. The van der Waals surface area contributed by atoms with Crippen LogP contribution >= 0.6 is 15.9 Å². The number of carbonyl (C=O) groups is 1. The van der Waals surface area contributed by atoms with Crippen LogP contribution < -0.4 is 0 Å². The molecular weight excluding hydrogens is 309 g/mol. The van der Waals surface area contributed by atoms with Gasteiger partial charge < -0.3 is 0 Å². The lowest BCUT2D eigenvalue weighted by molar-refractivity contribution is -0.125. The quantitative estimate of drug-likeness (QED) is 0.768. The Balaban J connectivity index is 2.96. The molecule has 0 amide bonds. The van der Waals surface area contributed by atoms with Crippen LogP contribution in [0.4, 0.5) is 13.2 Å². The van der Waals surface area contributed by atoms with E-state index in [0.717, 1.165) is 0 Å². The Kier molecular flexibility index (Phi) is 4.59. The normalized spacial score (nSPS) is 13.5. The van der Waals surface area contributed by atoms with E-state index in [2.05, 4.69) is 15.9 Å². The number of halogens is 4. The monoisotopic (exact) mass is 322 g/mol. The summed E-state index contributed by atoms with van der Waals surface area (Å²) in [5.74, 6) is -3.08. The fraction of sp³-hybridized carbons (Fsp3) is 0.462. The first-order valence-corrected chi connectivity index (χ1v) is 6.36. The molecule has 1 aromatic rings. The van der Waals surface area contributed by atoms with Crippen LogP contribution in [0.2, 0.25) is 0 Å². The third-order valence-electron chi connectivity index (χ3n) is 2.51. The number of ketones is 1. The van der Waals surface area contributed by atoms with Crippen LogP contribution in [0.25, 0.3) is 0 Å². The zero-order chi connectivity index (χ0) is 14.1. The molecule has 1 aromatic carbocycles. The summed E-state index contributed by atoms with van der Waals surface area (Å²) in [5.41, 5.74) is -0.892. The lowest BCUT2D eigenvalue weighted by Gasteiger charge is -2.21. The van der Waals surface area contributed by atoms with Crippen LogP contribution in [-0.4, -0.2) is 10.6 Å². The number of hydrogen-bond acceptors (Lipinski definition) is 1. The highest BCUT2D eigenvalue weighted by Gasteiger charge is 2.29. The van der Waals surface area contributed by atoms with E-state index in [0.29, 0.717) is 12.1 Å². The van der Waals surface area contributed by atoms with Gasteiger partial charge in [0, 0.05) is 23.1 Å². The number of alkyl halides is 1. The average Bonchev–Trinajstić information content (AvgIpc) is 2.20. The first kappa shape index (κ1) is 15.2. The molecule has 1 atom stereocenters. The van der Waals surface area contributed by atoms with E-state index in [1.54, 1.807) is 20.8 Å². The third-order valence-corrected chi connectivity index (χ3v) is 3.25. The Morgan fingerprint density at radius 3 is 2.06 bits per heavy atom. The smallest absolute Gasteiger partial charge is 0.152 e. The Morgan fingerprint density at radius 2 is 1.67 bits per heavy atom. The van der Waals surface area contributed by atoms with Gasteiger partial charge in [-0.15, -0.1) is 0 Å². The largest absolute Gasteiger partial charge is 0.298 e. The Hall–Kier alpha value is -0.840. The Labute approximate surface area is 113 Å². The molecule has 0 aromatic heterocycles. The Morgan fingerprint density at radius 1 is 1.22 bits per heavy atom. The molecule has 0 N–H and O–H groups in total. The van der Waals surface area contributed by atoms with Crippen molar-refractivity contribution in [1.29, 1.82) is 0 Å². The van der Waals surface area contributed by atoms with Crippen molar-refractivity contribution in [3.05, 3.63) is 35.1 Å². The molecule has 0 radical (unpaired) electrons. The molecule has 0 fully saturated rings. The lowest BCUT2D eigenvalue weighted by atomic mass is 9.87. The van der Waals surface area contributed by atoms with Crippen molar-refractivity contribution in [1.82, 2.24) is 0 Å². The predicted octanol–water partition coefficient (Wildman–Crippen LogP) is 4.03. The van der Waals surface area contributed by atoms with E-state index in [-0.39, 0.29) is 17.8 Å². The summed E-state index contributed by atoms with van der Waals surface area (Å²) < 4.78 is 39.6. The molecule has 0 saturated carbocycles. The fourth-order valence-electron chi connectivity index (χ4n) is 1.51. The number of carbonyl (C=O) groups excluding carboxylic acids is 1. The molecular formula is C13H14BrF3O. The van der Waals surface area contributed by atoms with Gasteiger partial charge in [0.1, 0.15) is 17.5 Å². The number of rotatable bonds is 3. The number of benzene rings is 1. The molecule has 0 bridgehead atoms. The van der Waals surface area contributed by atoms with Crippen molar-refractivity contribution in [2.45, 2.75) is 32.0 Å². The van der Waals surface area contributed by atoms with Gasteiger partial charge in [-0.05, 0) is 6.42 Å². The molecule has 100 valence electrons. The van der Waals surface area contributed by atoms with Gasteiger partial charge >= 0.3 is 0 Å². The summed E-state index contributed by atoms with van der Waals surface area (Å²) in [4.78, 5) is 11.2. The van der Waals surface area contributed by atoms with E-state index in [9.17, 15) is 18.0 Å². The van der Waals surface area contributed by atoms with Gasteiger partial charge in [0.05, 0.1) is 4.83 Å². The molecule has 18 heavy (non-hydrogen) atoms. The average molecular weight is 323 g/mol. The van der Waals surface area contributed by atoms with Crippen molar-refractivity contribution in [2.24, 2.45) is 5.41 Å². The van der Waals surface area contributed by atoms with Crippen molar-refractivity contribution >= 4 is 21.7 Å². The molecule has 0 spiro atoms. The minimum Gasteiger partial charge on any atom is -0.298 e. The molecule has 0 aliphatic heterocycles. The second-order valence-corrected chi connectivity index (χ2v) is 6.24. The van der Waals surface area contributed by atoms with Crippen LogP contribution in [0, 0.1) is 22.9 Å². The molecule has 0 saturated heterocycles. The first-order chi connectivity index (χ1) is 8.12. The standard InChI is InChI=1S/C13H14BrF3O/c1-13(2,3)12(18)9(14)6-8-10(16)4-7(15)5-11(8)17/h4-5,9H,6H2,1-3H3. The maximum absolute atomic E-state index is 13.4. The lowest BCUT2D eigenvalue weighted by Crippen LogP contribution is -2.30. The molecule has 1 nitrogen and oxygen atoms in total. The van der Waals surface area contributed by atoms with Crippen LogP contribution in [-0.2, 0) is 11.2 Å². The van der Waals surface area contributed by atoms with Gasteiger partial charge in [0.25, 0.3) is 0 Å². The summed E-state index contributed by atoms with van der Waals surface area (Å²) >= 11 is 3.13. The highest BCUT2D eigenvalue weighted by Crippen LogP contribution is 2.25. The van der Waals surface area contributed by atoms with Crippen LogP contribution in [0.3, 0.4) is 0 Å². The van der Waals surface area contributed by atoms with Gasteiger partial charge in [0.2, 0.25) is 0 Å². The van der Waals surface area contributed by atoms with Gasteiger partial charge in [-0.1, -0.05) is 36.7 Å². The molecule has 1 unspecified atom stereocenters. The summed E-state index contributed by atoms with van der Waals surface area (Å²) in [6, 6.07) is 1.22. The van der Waals surface area contributed by atoms with E-state index >= 15 is 0 Å². The molecule has 5 heteroatoms. The van der Waals surface area contributed by atoms with E-state index in [1.165, 1.54) is 0 Å². The van der Waals surface area contributed by atoms with Crippen molar-refractivity contribution in [2.75, 3.05) is 0 Å². The SMILES string of the molecule is CC(C)(C)C(=O)C(Br)Cc1c(F)cc(F)cc1F. The third kappa shape index (κ3) is 3.57. The second-order valence-electron chi connectivity index (χ2n) is 5.13. The fourth-order valence-corrected chi connectivity index (χ4v) is 2.52. The van der Waals surface area contributed by atoms with Crippen LogP contribution in [0.1, 0.15) is 26.3 Å². The zero-order valence-electron chi connectivity index (χ0n) is 10.4. The summed E-state index contributed by atoms with van der Waals surface area (Å²) in [6.45, 7) is 5.17. The van der Waals surface area contributed by atoms with Crippen molar-refractivity contribution in [3.8, 4) is 0 Å². The van der Waals surface area contributed by atoms with Gasteiger partial charge in [-0.25, -0.2) is 13.2 Å². The highest BCUT2D eigenvalue weighted by atomic mass is 79.9. The molecule has 0 heterocycles. The second kappa shape index (κ2) is 5.43. The number of hydrogen-bond donors (Lipinski definition) is 0. The molecule has 1 rings (SSSR count). The van der Waals surface area contributed by atoms with Crippen LogP contribution in [0.15, 0.2) is 12.1 Å². The zero-order valence-corrected chi connectivity index (χ0v) is 11.9. The van der Waals surface area contributed by atoms with Crippen LogP contribution in [0.5, 0.6) is 0 Å². The summed E-state index contributed by atoms with van der Waals surface area (Å²) in [6.07, 6.45) is -0.145. The minimum atomic E-state index is -0.973. The van der Waals surface area contributed by atoms with Crippen molar-refractivity contribution in [3.63, 3.8) is 0 Å². The van der Waals surface area contributed by atoms with Gasteiger partial charge in [-0.3, -0.25) is 4.79 Å². The first-order valence-electron chi connectivity index (χ1n) is 5.44. The van der Waals surface area contributed by atoms with Gasteiger partial charge in [-0.2, -0.15) is 0 Å². The summed E-state index contributed by atoms with van der Waals surface area (Å²) in [5, 5.41) is 0. The van der Waals surface area contributed by atoms with Crippen molar-refractivity contribution < 1.29 is 18.0 Å². The topological polar surface area (TPSA) is 17.1 Å². The number of Topliss-reactive ketones (excluding diaryl/α,β-unsaturated/α-hetero) is 1. The predicted molar refractivity (Wildman–Crippen MR) is 67.2 cm³/mol.